The van der Waals surface area contributed by atoms with Gasteiger partial charge in [-0.2, -0.15) is 4.31 Å². The molecule has 1 atom stereocenters. The first-order chi connectivity index (χ1) is 15.3. The summed E-state index contributed by atoms with van der Waals surface area (Å²) in [4.78, 5) is 25.7. The van der Waals surface area contributed by atoms with Gasteiger partial charge in [-0.1, -0.05) is 0 Å². The summed E-state index contributed by atoms with van der Waals surface area (Å²) in [5, 5.41) is 2.43. The van der Waals surface area contributed by atoms with Crippen molar-refractivity contribution in [3.05, 3.63) is 48.0 Å². The van der Waals surface area contributed by atoms with Crippen LogP contribution in [0.1, 0.15) is 19.4 Å². The van der Waals surface area contributed by atoms with Crippen LogP contribution in [0.25, 0.3) is 0 Å². The van der Waals surface area contributed by atoms with E-state index in [1.807, 2.05) is 6.92 Å². The Labute approximate surface area is 189 Å². The number of fused-ring (bicyclic) bond motifs is 1. The monoisotopic (exact) mass is 485 g/mol. The second-order valence-corrected chi connectivity index (χ2v) is 9.66. The molecule has 1 aliphatic rings. The number of nitrogens with one attached hydrogen (secondary N) is 1. The highest BCUT2D eigenvalue weighted by molar-refractivity contribution is 7.89. The normalized spacial score (nSPS) is 16.0. The molecule has 1 aliphatic heterocycles. The zero-order valence-corrected chi connectivity index (χ0v) is 18.8. The van der Waals surface area contributed by atoms with Crippen LogP contribution in [0.4, 0.5) is 24.5 Å². The molecule has 33 heavy (non-hydrogen) atoms. The molecule has 0 fully saturated rings. The van der Waals surface area contributed by atoms with Crippen LogP contribution in [-0.2, 0) is 26.0 Å². The number of sulfonamides is 1. The van der Waals surface area contributed by atoms with Gasteiger partial charge in [-0.05, 0) is 61.4 Å². The number of hydrogen-bond donors (Lipinski definition) is 1. The Morgan fingerprint density at radius 2 is 1.82 bits per heavy atom. The third kappa shape index (κ3) is 5.63. The van der Waals surface area contributed by atoms with Crippen molar-refractivity contribution in [2.45, 2.75) is 37.6 Å². The highest BCUT2D eigenvalue weighted by atomic mass is 32.2. The third-order valence-electron chi connectivity index (χ3n) is 5.05. The molecule has 0 aromatic heterocycles. The van der Waals surface area contributed by atoms with E-state index in [9.17, 15) is 31.2 Å². The van der Waals surface area contributed by atoms with Crippen LogP contribution in [-0.4, -0.2) is 50.5 Å². The lowest BCUT2D eigenvalue weighted by atomic mass is 10.1. The molecule has 2 amide bonds. The van der Waals surface area contributed by atoms with Crippen LogP contribution in [0, 0.1) is 0 Å². The van der Waals surface area contributed by atoms with Crippen LogP contribution >= 0.6 is 0 Å². The Morgan fingerprint density at radius 1 is 1.18 bits per heavy atom. The first-order valence-electron chi connectivity index (χ1n) is 9.82. The molecule has 0 saturated carbocycles. The Balaban J connectivity index is 1.67. The van der Waals surface area contributed by atoms with Crippen molar-refractivity contribution in [2.24, 2.45) is 0 Å². The van der Waals surface area contributed by atoms with E-state index in [0.29, 0.717) is 12.1 Å². The van der Waals surface area contributed by atoms with Crippen molar-refractivity contribution in [3.8, 4) is 5.75 Å². The van der Waals surface area contributed by atoms with Crippen molar-refractivity contribution in [3.63, 3.8) is 0 Å². The Morgan fingerprint density at radius 3 is 2.39 bits per heavy atom. The van der Waals surface area contributed by atoms with E-state index in [1.54, 1.807) is 11.0 Å². The lowest BCUT2D eigenvalue weighted by Gasteiger charge is -2.21. The molecule has 3 rings (SSSR count). The molecular formula is C21H22F3N3O5S. The van der Waals surface area contributed by atoms with Crippen molar-refractivity contribution in [2.75, 3.05) is 23.8 Å². The molecule has 2 aromatic carbocycles. The molecule has 0 saturated heterocycles. The second-order valence-electron chi connectivity index (χ2n) is 7.61. The number of likely N-dealkylation sites (N-methyl/N-ethyl adjacent to an activating group) is 1. The van der Waals surface area contributed by atoms with E-state index in [-0.39, 0.29) is 22.5 Å². The van der Waals surface area contributed by atoms with Gasteiger partial charge < -0.3 is 15.0 Å². The van der Waals surface area contributed by atoms with Crippen LogP contribution in [0.3, 0.4) is 0 Å². The zero-order valence-electron chi connectivity index (χ0n) is 18.0. The molecule has 0 radical (unpaired) electrons. The predicted octanol–water partition coefficient (Wildman–Crippen LogP) is 3.14. The van der Waals surface area contributed by atoms with E-state index in [0.717, 1.165) is 22.0 Å². The molecule has 0 unspecified atom stereocenters. The molecule has 1 N–H and O–H groups in total. The minimum atomic E-state index is -4.83. The lowest BCUT2D eigenvalue weighted by Crippen LogP contribution is -2.35. The van der Waals surface area contributed by atoms with E-state index in [1.165, 1.54) is 38.2 Å². The summed E-state index contributed by atoms with van der Waals surface area (Å²) in [6.07, 6.45) is -4.32. The maximum absolute atomic E-state index is 12.9. The number of carbonyl (C=O) groups is 2. The average molecular weight is 485 g/mol. The van der Waals surface area contributed by atoms with Gasteiger partial charge in [0, 0.05) is 31.4 Å². The number of hydrogen-bond acceptors (Lipinski definition) is 5. The number of ether oxygens (including phenoxy) is 1. The molecule has 2 aromatic rings. The molecule has 1 heterocycles. The number of rotatable bonds is 6. The van der Waals surface area contributed by atoms with Crippen LogP contribution in [0.5, 0.6) is 5.75 Å². The Bertz CT molecular complexity index is 1170. The van der Waals surface area contributed by atoms with E-state index >= 15 is 0 Å². The van der Waals surface area contributed by atoms with Gasteiger partial charge >= 0.3 is 6.36 Å². The number of benzene rings is 2. The summed E-state index contributed by atoms with van der Waals surface area (Å²) in [5.74, 6) is -1.26. The van der Waals surface area contributed by atoms with Crippen molar-refractivity contribution in [1.29, 1.82) is 0 Å². The van der Waals surface area contributed by atoms with Gasteiger partial charge in [0.05, 0.1) is 11.4 Å². The Hall–Kier alpha value is -3.12. The second kappa shape index (κ2) is 9.02. The molecular weight excluding hydrogens is 463 g/mol. The number of alkyl halides is 3. The van der Waals surface area contributed by atoms with Crippen LogP contribution < -0.4 is 15.0 Å². The van der Waals surface area contributed by atoms with Crippen molar-refractivity contribution in [1.82, 2.24) is 4.31 Å². The minimum absolute atomic E-state index is 0.0113. The van der Waals surface area contributed by atoms with Crippen molar-refractivity contribution < 1.29 is 35.9 Å². The molecule has 12 heteroatoms. The zero-order chi connectivity index (χ0) is 24.6. The van der Waals surface area contributed by atoms with Gasteiger partial charge in [0.2, 0.25) is 21.8 Å². The minimum Gasteiger partial charge on any atom is -0.406 e. The van der Waals surface area contributed by atoms with Gasteiger partial charge in [-0.15, -0.1) is 13.2 Å². The average Bonchev–Trinajstić information content (AvgIpc) is 3.03. The summed E-state index contributed by atoms with van der Waals surface area (Å²) < 4.78 is 67.2. The fourth-order valence-corrected chi connectivity index (χ4v) is 4.83. The highest BCUT2D eigenvalue weighted by Gasteiger charge is 2.32. The lowest BCUT2D eigenvalue weighted by molar-refractivity contribution is -0.274. The van der Waals surface area contributed by atoms with Crippen molar-refractivity contribution >= 4 is 33.2 Å². The number of amides is 2. The Kier molecular flexibility index (Phi) is 6.70. The van der Waals surface area contributed by atoms with E-state index < -0.39 is 34.6 Å². The molecule has 0 spiro atoms. The van der Waals surface area contributed by atoms with Gasteiger partial charge in [-0.3, -0.25) is 9.59 Å². The smallest absolute Gasteiger partial charge is 0.406 e. The van der Waals surface area contributed by atoms with Gasteiger partial charge in [0.15, 0.2) is 0 Å². The number of anilines is 2. The number of nitrogens with zero attached hydrogens (tertiary/aromatic N) is 2. The topological polar surface area (TPSA) is 96.0 Å². The van der Waals surface area contributed by atoms with Crippen LogP contribution in [0.2, 0.25) is 0 Å². The largest absolute Gasteiger partial charge is 0.573 e. The fraction of sp³-hybridized carbons (Fsp3) is 0.333. The highest BCUT2D eigenvalue weighted by Crippen LogP contribution is 2.34. The van der Waals surface area contributed by atoms with Gasteiger partial charge in [-0.25, -0.2) is 8.42 Å². The fourth-order valence-electron chi connectivity index (χ4n) is 3.66. The first kappa shape index (κ1) is 24.5. The summed E-state index contributed by atoms with van der Waals surface area (Å²) >= 11 is 0. The third-order valence-corrected chi connectivity index (χ3v) is 6.85. The van der Waals surface area contributed by atoms with Gasteiger partial charge in [0.1, 0.15) is 5.75 Å². The summed E-state index contributed by atoms with van der Waals surface area (Å²) in [6, 6.07) is 8.83. The standard InChI is InChI=1S/C21H22F3N3O5S/c1-13-10-15-11-18(8-9-19(15)27(13)14(2)28)33(30,31)26(3)12-20(29)25-16-4-6-17(7-5-16)32-21(22,23)24/h4-9,11,13H,10,12H2,1-3H3,(H,25,29)/t13-/m1/s1. The first-order valence-corrected chi connectivity index (χ1v) is 11.3. The quantitative estimate of drug-likeness (QED) is 0.678. The van der Waals surface area contributed by atoms with Crippen LogP contribution in [0.15, 0.2) is 47.4 Å². The summed E-state index contributed by atoms with van der Waals surface area (Å²) in [7, 11) is -2.76. The number of carbonyl (C=O) groups excluding carboxylic acids is 2. The maximum atomic E-state index is 12.9. The van der Waals surface area contributed by atoms with E-state index in [4.69, 9.17) is 0 Å². The SMILES string of the molecule is CC(=O)N1c2ccc(S(=O)(=O)N(C)CC(=O)Nc3ccc(OC(F)(F)F)cc3)cc2C[C@H]1C. The summed E-state index contributed by atoms with van der Waals surface area (Å²) in [5.41, 5.74) is 1.56. The van der Waals surface area contributed by atoms with E-state index in [2.05, 4.69) is 10.1 Å². The van der Waals surface area contributed by atoms with Gasteiger partial charge in [0.25, 0.3) is 0 Å². The molecule has 178 valence electrons. The summed E-state index contributed by atoms with van der Waals surface area (Å²) in [6.45, 7) is 2.80. The molecule has 0 aliphatic carbocycles. The number of halogens is 3. The molecule has 0 bridgehead atoms. The maximum Gasteiger partial charge on any atom is 0.573 e. The predicted molar refractivity (Wildman–Crippen MR) is 114 cm³/mol. The molecule has 8 nitrogen and oxygen atoms in total.